The molecule has 0 heterocycles. The van der Waals surface area contributed by atoms with E-state index in [1.54, 1.807) is 0 Å². The van der Waals surface area contributed by atoms with Crippen LogP contribution in [-0.4, -0.2) is 30.1 Å². The molecule has 0 spiro atoms. The number of hydrogen-bond acceptors (Lipinski definition) is 5. The molecule has 0 fully saturated rings. The summed E-state index contributed by atoms with van der Waals surface area (Å²) >= 11 is 0. The van der Waals surface area contributed by atoms with Crippen molar-refractivity contribution in [2.24, 2.45) is 5.73 Å². The lowest BCUT2D eigenvalue weighted by Gasteiger charge is -2.14. The number of rotatable bonds is 5. The lowest BCUT2D eigenvalue weighted by Crippen LogP contribution is -2.36. The fraction of sp³-hybridized carbons (Fsp3) is 0.800. The van der Waals surface area contributed by atoms with Crippen molar-refractivity contribution in [2.45, 2.75) is 52.0 Å². The molecule has 0 aliphatic carbocycles. The molecule has 0 unspecified atom stereocenters. The molecule has 0 aliphatic rings. The number of carbonyl (C=O) groups excluding carboxylic acids is 2. The van der Waals surface area contributed by atoms with E-state index in [4.69, 9.17) is 24.9 Å². The van der Waals surface area contributed by atoms with E-state index in [0.717, 1.165) is 0 Å². The van der Waals surface area contributed by atoms with Crippen LogP contribution >= 0.6 is 0 Å². The Morgan fingerprint density at radius 2 is 1.80 bits per heavy atom. The van der Waals surface area contributed by atoms with Crippen LogP contribution in [0.25, 0.3) is 0 Å². The van der Waals surface area contributed by atoms with Gasteiger partial charge in [-0.2, -0.15) is 0 Å². The lowest BCUT2D eigenvalue weighted by molar-refractivity contribution is -0.155. The molecule has 88 valence electrons. The van der Waals surface area contributed by atoms with Gasteiger partial charge < -0.3 is 15.2 Å². The zero-order valence-electron chi connectivity index (χ0n) is 21.5. The molecule has 0 aromatic rings. The Morgan fingerprint density at radius 1 is 1.27 bits per heavy atom. The van der Waals surface area contributed by atoms with Crippen molar-refractivity contribution < 1.29 is 38.3 Å². The summed E-state index contributed by atoms with van der Waals surface area (Å²) in [5.74, 6) is -3.57. The first-order valence-corrected chi connectivity index (χ1v) is 3.61. The highest BCUT2D eigenvalue weighted by Gasteiger charge is 2.21. The Labute approximate surface area is 110 Å². The maximum Gasteiger partial charge on any atom is 0.323 e. The van der Waals surface area contributed by atoms with E-state index in [2.05, 4.69) is 9.47 Å². The predicted octanol–water partition coefficient (Wildman–Crippen LogP) is 0.607. The molecule has 0 saturated heterocycles. The van der Waals surface area contributed by atoms with Gasteiger partial charge in [0.2, 0.25) is 0 Å². The van der Waals surface area contributed by atoms with Crippen LogP contribution in [0.4, 0.5) is 0 Å². The van der Waals surface area contributed by atoms with E-state index >= 15 is 0 Å². The van der Waals surface area contributed by atoms with Crippen LogP contribution in [0.5, 0.6) is 0 Å². The molecule has 0 rings (SSSR count). The Balaban J connectivity index is 5.47. The molecule has 1 atom stereocenters. The average molecular weight is 231 g/mol. The van der Waals surface area contributed by atoms with Crippen molar-refractivity contribution in [3.8, 4) is 0 Å². The Bertz CT molecular complexity index is 590. The molecule has 0 aromatic heterocycles. The first kappa shape index (κ1) is 3.20. The highest BCUT2D eigenvalue weighted by Crippen LogP contribution is 2.00. The highest BCUT2D eigenvalue weighted by molar-refractivity contribution is 5.82. The van der Waals surface area contributed by atoms with Gasteiger partial charge in [0.1, 0.15) is 6.04 Å². The Morgan fingerprint density at radius 3 is 2.33 bits per heavy atom. The molecule has 5 nitrogen and oxygen atoms in total. The summed E-state index contributed by atoms with van der Waals surface area (Å²) in [6.07, 6.45) is -8.71. The van der Waals surface area contributed by atoms with E-state index in [1.807, 2.05) is 0 Å². The van der Waals surface area contributed by atoms with Crippen molar-refractivity contribution in [2.75, 3.05) is 0 Å². The third-order valence-corrected chi connectivity index (χ3v) is 1.11. The van der Waals surface area contributed by atoms with Crippen molar-refractivity contribution in [1.29, 1.82) is 0 Å². The topological polar surface area (TPSA) is 78.6 Å². The molecule has 15 heavy (non-hydrogen) atoms. The van der Waals surface area contributed by atoms with Crippen LogP contribution in [0.3, 0.4) is 0 Å². The van der Waals surface area contributed by atoms with Gasteiger partial charge in [-0.15, -0.1) is 0 Å². The van der Waals surface area contributed by atoms with E-state index in [0.29, 0.717) is 0 Å². The summed E-state index contributed by atoms with van der Waals surface area (Å²) in [7, 11) is 0. The summed E-state index contributed by atoms with van der Waals surface area (Å²) in [5.41, 5.74) is 5.28. The first-order valence-electron chi connectivity index (χ1n) is 10.6. The minimum atomic E-state index is -3.73. The average Bonchev–Trinajstić information content (AvgIpc) is 2.41. The van der Waals surface area contributed by atoms with Crippen molar-refractivity contribution in [1.82, 2.24) is 0 Å². The van der Waals surface area contributed by atoms with Crippen LogP contribution in [0.1, 0.15) is 53.0 Å². The van der Waals surface area contributed by atoms with Crippen LogP contribution in [0.2, 0.25) is 0 Å². The monoisotopic (exact) mass is 231 g/mol. The van der Waals surface area contributed by atoms with Gasteiger partial charge in [0.25, 0.3) is 0 Å². The minimum Gasteiger partial charge on any atom is -0.463 e. The minimum absolute atomic E-state index is 1.29. The van der Waals surface area contributed by atoms with Gasteiger partial charge in [0, 0.05) is 16.4 Å². The third-order valence-electron chi connectivity index (χ3n) is 1.11. The zero-order valence-corrected chi connectivity index (χ0v) is 7.49. The fourth-order valence-corrected chi connectivity index (χ4v) is 0.595. The first-order chi connectivity index (χ1) is 12.4. The number of carbonyl (C=O) groups is 2. The SMILES string of the molecule is [2H]C([2H])([2H])C([2H])(OC(=O)C[C@@H](N)C(=O)OC([2H])(C([2H])([2H])[2H])C([2H])([2H])[2H])C([2H])([2H])[2H]. The normalized spacial score (nSPS) is 31.3. The predicted molar refractivity (Wildman–Crippen MR) is 55.0 cm³/mol. The number of nitrogens with two attached hydrogens (primary N) is 1. The van der Waals surface area contributed by atoms with E-state index in [9.17, 15) is 9.59 Å². The number of hydrogen-bond donors (Lipinski definition) is 1. The van der Waals surface area contributed by atoms with Gasteiger partial charge in [-0.05, 0) is 27.4 Å². The van der Waals surface area contributed by atoms with Crippen LogP contribution in [0.15, 0.2) is 0 Å². The molecular formula is C10H19NO4. The van der Waals surface area contributed by atoms with Gasteiger partial charge in [-0.25, -0.2) is 0 Å². The quantitative estimate of drug-likeness (QED) is 0.701. The molecule has 2 N–H and O–H groups in total. The molecule has 0 aliphatic heterocycles. The zero-order chi connectivity index (χ0) is 23.9. The maximum absolute atomic E-state index is 11.9. The van der Waals surface area contributed by atoms with Gasteiger partial charge in [-0.3, -0.25) is 9.59 Å². The summed E-state index contributed by atoms with van der Waals surface area (Å²) in [6, 6.07) is -2.14. The maximum atomic E-state index is 11.9. The van der Waals surface area contributed by atoms with Gasteiger partial charge in [0.05, 0.1) is 21.3 Å². The smallest absolute Gasteiger partial charge is 0.323 e. The number of esters is 2. The van der Waals surface area contributed by atoms with E-state index < -0.39 is 64.0 Å². The molecule has 0 bridgehead atoms. The summed E-state index contributed by atoms with van der Waals surface area (Å²) in [4.78, 5) is 23.7. The lowest BCUT2D eigenvalue weighted by atomic mass is 10.2. The second-order valence-electron chi connectivity index (χ2n) is 2.36. The van der Waals surface area contributed by atoms with E-state index in [1.165, 1.54) is 0 Å². The van der Waals surface area contributed by atoms with Crippen molar-refractivity contribution in [3.05, 3.63) is 0 Å². The second-order valence-corrected chi connectivity index (χ2v) is 2.36. The van der Waals surface area contributed by atoms with Crippen molar-refractivity contribution in [3.63, 3.8) is 0 Å². The molecule has 0 radical (unpaired) electrons. The van der Waals surface area contributed by atoms with E-state index in [-0.39, 0.29) is 0 Å². The van der Waals surface area contributed by atoms with Crippen molar-refractivity contribution >= 4 is 11.9 Å². The second kappa shape index (κ2) is 6.40. The third kappa shape index (κ3) is 6.90. The molecule has 0 saturated carbocycles. The van der Waals surface area contributed by atoms with Crippen LogP contribution < -0.4 is 5.73 Å². The number of ether oxygens (including phenoxy) is 2. The Hall–Kier alpha value is -1.10. The van der Waals surface area contributed by atoms with Crippen LogP contribution in [0, 0.1) is 0 Å². The van der Waals surface area contributed by atoms with Gasteiger partial charge in [-0.1, -0.05) is 0 Å². The largest absolute Gasteiger partial charge is 0.463 e. The molecule has 0 amide bonds. The molecule has 5 heteroatoms. The summed E-state index contributed by atoms with van der Waals surface area (Å²) in [5, 5.41) is 0. The standard InChI is InChI=1S/C10H19NO4/c1-6(2)14-9(12)5-8(11)10(13)15-7(3)4/h6-8H,5,11H2,1-4H3/t8-/m1/s1/i1D3,2D3,3D3,4D3,6D,7D. The van der Waals surface area contributed by atoms with Crippen LogP contribution in [-0.2, 0) is 19.1 Å². The highest BCUT2D eigenvalue weighted by atomic mass is 16.5. The van der Waals surface area contributed by atoms with Gasteiger partial charge in [0.15, 0.2) is 0 Å². The fourth-order valence-electron chi connectivity index (χ4n) is 0.595. The Kier molecular flexibility index (Phi) is 1.36. The molecular weight excluding hydrogens is 198 g/mol. The van der Waals surface area contributed by atoms with Gasteiger partial charge >= 0.3 is 11.9 Å². The molecule has 0 aromatic carbocycles. The summed E-state index contributed by atoms with van der Waals surface area (Å²) < 4.78 is 109. The summed E-state index contributed by atoms with van der Waals surface area (Å²) in [6.45, 7) is -14.5.